The van der Waals surface area contributed by atoms with E-state index in [1.54, 1.807) is 0 Å². The minimum atomic E-state index is -0.668. The molecule has 0 heterocycles. The molecule has 0 saturated heterocycles. The van der Waals surface area contributed by atoms with Crippen LogP contribution in [0.3, 0.4) is 0 Å². The summed E-state index contributed by atoms with van der Waals surface area (Å²) in [6, 6.07) is -0.203. The molecule has 1 aliphatic rings. The van der Waals surface area contributed by atoms with E-state index in [9.17, 15) is 14.7 Å². The molecule has 0 aromatic heterocycles. The van der Waals surface area contributed by atoms with Crippen molar-refractivity contribution in [2.45, 2.75) is 59.4 Å². The van der Waals surface area contributed by atoms with Gasteiger partial charge in [0.1, 0.15) is 17.5 Å². The van der Waals surface area contributed by atoms with Crippen LogP contribution in [0.25, 0.3) is 0 Å². The van der Waals surface area contributed by atoms with Gasteiger partial charge in [-0.2, -0.15) is 0 Å². The molecule has 1 atom stereocenters. The SMILES string of the molecule is CCC(=N[C@@H](CC)CO)C1C(=O)CC(C)(C)CC1=O. The average molecular weight is 267 g/mol. The monoisotopic (exact) mass is 267 g/mol. The molecule has 108 valence electrons. The first-order chi connectivity index (χ1) is 8.84. The van der Waals surface area contributed by atoms with Gasteiger partial charge < -0.3 is 5.11 Å². The van der Waals surface area contributed by atoms with Crippen molar-refractivity contribution in [3.8, 4) is 0 Å². The van der Waals surface area contributed by atoms with Gasteiger partial charge in [-0.15, -0.1) is 0 Å². The number of Topliss-reactive ketones (excluding diaryl/α,β-unsaturated/α-hetero) is 2. The normalized spacial score (nSPS) is 22.7. The van der Waals surface area contributed by atoms with E-state index in [4.69, 9.17) is 0 Å². The second-order valence-corrected chi connectivity index (χ2v) is 6.10. The maximum absolute atomic E-state index is 12.2. The Labute approximate surface area is 115 Å². The Kier molecular flexibility index (Phi) is 5.41. The van der Waals surface area contributed by atoms with Crippen molar-refractivity contribution in [3.63, 3.8) is 0 Å². The second-order valence-electron chi connectivity index (χ2n) is 6.10. The number of ketones is 2. The van der Waals surface area contributed by atoms with Crippen molar-refractivity contribution in [2.75, 3.05) is 6.61 Å². The van der Waals surface area contributed by atoms with Gasteiger partial charge in [0, 0.05) is 18.6 Å². The number of nitrogens with zero attached hydrogens (tertiary/aromatic N) is 1. The van der Waals surface area contributed by atoms with E-state index in [2.05, 4.69) is 4.99 Å². The smallest absolute Gasteiger partial charge is 0.149 e. The van der Waals surface area contributed by atoms with Crippen molar-refractivity contribution in [2.24, 2.45) is 16.3 Å². The molecule has 0 radical (unpaired) electrons. The number of carbonyl (C=O) groups excluding carboxylic acids is 2. The first-order valence-corrected chi connectivity index (χ1v) is 7.07. The Balaban J connectivity index is 2.99. The molecule has 1 N–H and O–H groups in total. The summed E-state index contributed by atoms with van der Waals surface area (Å²) in [7, 11) is 0. The Bertz CT molecular complexity index is 361. The summed E-state index contributed by atoms with van der Waals surface area (Å²) in [6.45, 7) is 7.70. The largest absolute Gasteiger partial charge is 0.394 e. The molecule has 4 heteroatoms. The van der Waals surface area contributed by atoms with E-state index in [0.29, 0.717) is 31.4 Å². The molecule has 4 nitrogen and oxygen atoms in total. The van der Waals surface area contributed by atoms with Gasteiger partial charge in [0.25, 0.3) is 0 Å². The van der Waals surface area contributed by atoms with E-state index < -0.39 is 5.92 Å². The fraction of sp³-hybridized carbons (Fsp3) is 0.800. The highest BCUT2D eigenvalue weighted by Gasteiger charge is 2.41. The second kappa shape index (κ2) is 6.42. The Hall–Kier alpha value is -1.03. The predicted molar refractivity (Wildman–Crippen MR) is 75.4 cm³/mol. The summed E-state index contributed by atoms with van der Waals surface area (Å²) in [5, 5.41) is 9.21. The Morgan fingerprint density at radius 1 is 1.32 bits per heavy atom. The van der Waals surface area contributed by atoms with Crippen molar-refractivity contribution in [1.29, 1.82) is 0 Å². The maximum atomic E-state index is 12.2. The van der Waals surface area contributed by atoms with E-state index in [1.807, 2.05) is 27.7 Å². The zero-order chi connectivity index (χ0) is 14.6. The van der Waals surface area contributed by atoms with Gasteiger partial charge >= 0.3 is 0 Å². The molecule has 1 saturated carbocycles. The molecule has 0 amide bonds. The van der Waals surface area contributed by atoms with E-state index in [1.165, 1.54) is 0 Å². The first-order valence-electron chi connectivity index (χ1n) is 7.07. The average Bonchev–Trinajstić information content (AvgIpc) is 2.31. The van der Waals surface area contributed by atoms with Crippen LogP contribution in [0.15, 0.2) is 4.99 Å². The highest BCUT2D eigenvalue weighted by Crippen LogP contribution is 2.34. The first kappa shape index (κ1) is 16.0. The number of aliphatic imine (C=N–C) groups is 1. The lowest BCUT2D eigenvalue weighted by atomic mass is 9.70. The molecule has 0 aliphatic heterocycles. The lowest BCUT2D eigenvalue weighted by Crippen LogP contribution is -2.42. The molecule has 0 bridgehead atoms. The lowest BCUT2D eigenvalue weighted by Gasteiger charge is -2.32. The summed E-state index contributed by atoms with van der Waals surface area (Å²) in [6.07, 6.45) is 2.15. The molecule has 19 heavy (non-hydrogen) atoms. The predicted octanol–water partition coefficient (Wildman–Crippen LogP) is 2.18. The Morgan fingerprint density at radius 3 is 2.21 bits per heavy atom. The topological polar surface area (TPSA) is 66.7 Å². The summed E-state index contributed by atoms with van der Waals surface area (Å²) >= 11 is 0. The van der Waals surface area contributed by atoms with Gasteiger partial charge in [-0.1, -0.05) is 27.7 Å². The molecular formula is C15H25NO3. The van der Waals surface area contributed by atoms with Crippen LogP contribution in [-0.2, 0) is 9.59 Å². The van der Waals surface area contributed by atoms with E-state index in [-0.39, 0.29) is 29.6 Å². The fourth-order valence-corrected chi connectivity index (χ4v) is 2.63. The molecular weight excluding hydrogens is 242 g/mol. The third-order valence-electron chi connectivity index (χ3n) is 3.68. The molecule has 1 fully saturated rings. The van der Waals surface area contributed by atoms with Gasteiger partial charge in [0.05, 0.1) is 12.6 Å². The number of aliphatic hydroxyl groups is 1. The molecule has 1 aliphatic carbocycles. The number of rotatable bonds is 5. The minimum absolute atomic E-state index is 0.0188. The Morgan fingerprint density at radius 2 is 1.84 bits per heavy atom. The number of hydrogen-bond donors (Lipinski definition) is 1. The lowest BCUT2D eigenvalue weighted by molar-refractivity contribution is -0.136. The van der Waals surface area contributed by atoms with Crippen LogP contribution in [0.1, 0.15) is 53.4 Å². The quantitative estimate of drug-likeness (QED) is 0.613. The molecule has 0 unspecified atom stereocenters. The molecule has 0 spiro atoms. The fourth-order valence-electron chi connectivity index (χ4n) is 2.63. The van der Waals surface area contributed by atoms with Crippen molar-refractivity contribution >= 4 is 17.3 Å². The standard InChI is InChI=1S/C15H25NO3/c1-5-10(9-17)16-11(6-2)14-12(18)7-15(3,4)8-13(14)19/h10,14,17H,5-9H2,1-4H3/t10-/m0/s1. The van der Waals surface area contributed by atoms with Crippen LogP contribution in [0.5, 0.6) is 0 Å². The van der Waals surface area contributed by atoms with Crippen LogP contribution in [0.2, 0.25) is 0 Å². The van der Waals surface area contributed by atoms with Crippen LogP contribution in [0, 0.1) is 11.3 Å². The van der Waals surface area contributed by atoms with Gasteiger partial charge in [-0.05, 0) is 18.3 Å². The van der Waals surface area contributed by atoms with Crippen LogP contribution < -0.4 is 0 Å². The van der Waals surface area contributed by atoms with Gasteiger partial charge in [0.2, 0.25) is 0 Å². The van der Waals surface area contributed by atoms with Crippen molar-refractivity contribution in [1.82, 2.24) is 0 Å². The number of aliphatic hydroxyl groups excluding tert-OH is 1. The van der Waals surface area contributed by atoms with Crippen LogP contribution in [-0.4, -0.2) is 35.0 Å². The van der Waals surface area contributed by atoms with Gasteiger partial charge in [-0.25, -0.2) is 0 Å². The number of carbonyl (C=O) groups is 2. The highest BCUT2D eigenvalue weighted by molar-refractivity contribution is 6.22. The number of hydrogen-bond acceptors (Lipinski definition) is 4. The van der Waals surface area contributed by atoms with Crippen LogP contribution in [0.4, 0.5) is 0 Å². The summed E-state index contributed by atoms with van der Waals surface area (Å²) < 4.78 is 0. The zero-order valence-corrected chi connectivity index (χ0v) is 12.4. The summed E-state index contributed by atoms with van der Waals surface area (Å²) in [4.78, 5) is 28.9. The highest BCUT2D eigenvalue weighted by atomic mass is 16.3. The van der Waals surface area contributed by atoms with E-state index in [0.717, 1.165) is 0 Å². The van der Waals surface area contributed by atoms with E-state index >= 15 is 0 Å². The van der Waals surface area contributed by atoms with Crippen molar-refractivity contribution < 1.29 is 14.7 Å². The van der Waals surface area contributed by atoms with Crippen molar-refractivity contribution in [3.05, 3.63) is 0 Å². The van der Waals surface area contributed by atoms with Crippen LogP contribution >= 0.6 is 0 Å². The summed E-state index contributed by atoms with van der Waals surface area (Å²) in [5.74, 6) is -0.706. The maximum Gasteiger partial charge on any atom is 0.149 e. The third kappa shape index (κ3) is 3.96. The third-order valence-corrected chi connectivity index (χ3v) is 3.68. The minimum Gasteiger partial charge on any atom is -0.394 e. The zero-order valence-electron chi connectivity index (χ0n) is 12.4. The molecule has 0 aromatic rings. The van der Waals surface area contributed by atoms with Gasteiger partial charge in [0.15, 0.2) is 0 Å². The molecule has 0 aromatic carbocycles. The summed E-state index contributed by atoms with van der Waals surface area (Å²) in [5.41, 5.74) is 0.413. The molecule has 1 rings (SSSR count). The van der Waals surface area contributed by atoms with Gasteiger partial charge in [-0.3, -0.25) is 14.6 Å².